The second kappa shape index (κ2) is 5.72. The highest BCUT2D eigenvalue weighted by molar-refractivity contribution is 5.85. The fourth-order valence-electron chi connectivity index (χ4n) is 0.751. The summed E-state index contributed by atoms with van der Waals surface area (Å²) in [6, 6.07) is 0. The topological polar surface area (TPSA) is 61.0 Å². The van der Waals surface area contributed by atoms with Gasteiger partial charge in [-0.1, -0.05) is 0 Å². The van der Waals surface area contributed by atoms with Crippen LogP contribution < -0.4 is 10.5 Å². The molecule has 5 heteroatoms. The third-order valence-corrected chi connectivity index (χ3v) is 1.25. The highest BCUT2D eigenvalue weighted by Crippen LogP contribution is 2.05. The highest BCUT2D eigenvalue weighted by atomic mass is 35.5. The van der Waals surface area contributed by atoms with Crippen molar-refractivity contribution in [2.24, 2.45) is 5.73 Å². The lowest BCUT2D eigenvalue weighted by molar-refractivity contribution is 0.231. The van der Waals surface area contributed by atoms with E-state index in [1.165, 1.54) is 0 Å². The molecule has 0 saturated carbocycles. The Morgan fingerprint density at radius 2 is 2.08 bits per heavy atom. The van der Waals surface area contributed by atoms with Crippen LogP contribution in [0.15, 0.2) is 12.4 Å². The van der Waals surface area contributed by atoms with Crippen LogP contribution in [-0.4, -0.2) is 16.1 Å². The molecule has 0 spiro atoms. The van der Waals surface area contributed by atoms with Crippen molar-refractivity contribution in [3.8, 4) is 5.88 Å². The molecule has 0 aromatic carbocycles. The van der Waals surface area contributed by atoms with Crippen molar-refractivity contribution >= 4 is 12.4 Å². The number of hydrogen-bond acceptors (Lipinski definition) is 4. The van der Waals surface area contributed by atoms with E-state index in [1.54, 1.807) is 12.4 Å². The van der Waals surface area contributed by atoms with Gasteiger partial charge in [-0.15, -0.1) is 12.4 Å². The van der Waals surface area contributed by atoms with Crippen molar-refractivity contribution in [3.05, 3.63) is 18.1 Å². The lowest BCUT2D eigenvalue weighted by Crippen LogP contribution is -2.08. The summed E-state index contributed by atoms with van der Waals surface area (Å²) in [5.74, 6) is 0.544. The van der Waals surface area contributed by atoms with Crippen molar-refractivity contribution in [2.75, 3.05) is 0 Å². The first-order chi connectivity index (χ1) is 5.72. The maximum absolute atomic E-state index is 5.36. The van der Waals surface area contributed by atoms with Crippen molar-refractivity contribution in [3.63, 3.8) is 0 Å². The second-order valence-corrected chi connectivity index (χ2v) is 2.72. The van der Waals surface area contributed by atoms with E-state index in [9.17, 15) is 0 Å². The van der Waals surface area contributed by atoms with Gasteiger partial charge < -0.3 is 10.5 Å². The average Bonchev–Trinajstić information content (AvgIpc) is 2.05. The fourth-order valence-corrected chi connectivity index (χ4v) is 0.751. The van der Waals surface area contributed by atoms with E-state index in [1.807, 2.05) is 13.8 Å². The lowest BCUT2D eigenvalue weighted by atomic mass is 10.4. The predicted molar refractivity (Wildman–Crippen MR) is 52.9 cm³/mol. The fraction of sp³-hybridized carbons (Fsp3) is 0.500. The van der Waals surface area contributed by atoms with E-state index in [0.29, 0.717) is 12.4 Å². The van der Waals surface area contributed by atoms with E-state index >= 15 is 0 Å². The van der Waals surface area contributed by atoms with Crippen molar-refractivity contribution in [1.29, 1.82) is 0 Å². The standard InChI is InChI=1S/C8H13N3O.ClH/c1-6(2)12-8-5-10-7(3-9)4-11-8;/h4-6H,3,9H2,1-2H3;1H. The maximum atomic E-state index is 5.36. The van der Waals surface area contributed by atoms with Gasteiger partial charge in [0.05, 0.1) is 24.2 Å². The average molecular weight is 204 g/mol. The Labute approximate surface area is 83.9 Å². The third kappa shape index (κ3) is 4.05. The van der Waals surface area contributed by atoms with Crippen LogP contribution in [0.3, 0.4) is 0 Å². The van der Waals surface area contributed by atoms with Gasteiger partial charge in [0, 0.05) is 6.54 Å². The molecule has 0 unspecified atom stereocenters. The SMILES string of the molecule is CC(C)Oc1cnc(CN)cn1.Cl. The summed E-state index contributed by atoms with van der Waals surface area (Å²) in [6.45, 7) is 4.30. The molecule has 4 nitrogen and oxygen atoms in total. The molecule has 0 bridgehead atoms. The summed E-state index contributed by atoms with van der Waals surface area (Å²) in [6.07, 6.45) is 3.34. The Kier molecular flexibility index (Phi) is 5.34. The zero-order valence-electron chi connectivity index (χ0n) is 7.73. The summed E-state index contributed by atoms with van der Waals surface area (Å²) in [4.78, 5) is 8.06. The molecule has 1 rings (SSSR count). The Balaban J connectivity index is 0.00000144. The summed E-state index contributed by atoms with van der Waals surface area (Å²) in [5.41, 5.74) is 6.13. The van der Waals surface area contributed by atoms with Gasteiger partial charge >= 0.3 is 0 Å². The first-order valence-corrected chi connectivity index (χ1v) is 3.90. The molecule has 0 fully saturated rings. The molecule has 0 aliphatic heterocycles. The number of hydrogen-bond donors (Lipinski definition) is 1. The summed E-state index contributed by atoms with van der Waals surface area (Å²) < 4.78 is 5.30. The molecule has 2 N–H and O–H groups in total. The monoisotopic (exact) mass is 203 g/mol. The Bertz CT molecular complexity index is 238. The van der Waals surface area contributed by atoms with Gasteiger partial charge in [-0.3, -0.25) is 4.98 Å². The normalized spacial score (nSPS) is 9.54. The van der Waals surface area contributed by atoms with Crippen LogP contribution in [0, 0.1) is 0 Å². The minimum atomic E-state index is 0. The minimum absolute atomic E-state index is 0. The molecule has 13 heavy (non-hydrogen) atoms. The van der Waals surface area contributed by atoms with Crippen LogP contribution in [0.2, 0.25) is 0 Å². The minimum Gasteiger partial charge on any atom is -0.474 e. The van der Waals surface area contributed by atoms with Gasteiger partial charge in [-0.2, -0.15) is 0 Å². The van der Waals surface area contributed by atoms with Gasteiger partial charge in [0.15, 0.2) is 0 Å². The van der Waals surface area contributed by atoms with Crippen molar-refractivity contribution < 1.29 is 4.74 Å². The van der Waals surface area contributed by atoms with Gasteiger partial charge in [0.2, 0.25) is 5.88 Å². The number of nitrogens with two attached hydrogens (primary N) is 1. The van der Waals surface area contributed by atoms with Crippen molar-refractivity contribution in [1.82, 2.24) is 9.97 Å². The van der Waals surface area contributed by atoms with Crippen LogP contribution in [0.25, 0.3) is 0 Å². The number of rotatable bonds is 3. The quantitative estimate of drug-likeness (QED) is 0.801. The molecule has 0 atom stereocenters. The number of halogens is 1. The lowest BCUT2D eigenvalue weighted by Gasteiger charge is -2.07. The van der Waals surface area contributed by atoms with Crippen LogP contribution >= 0.6 is 12.4 Å². The molecular formula is C8H14ClN3O. The molecule has 0 aliphatic rings. The summed E-state index contributed by atoms with van der Waals surface area (Å²) in [7, 11) is 0. The molecule has 1 aromatic heterocycles. The second-order valence-electron chi connectivity index (χ2n) is 2.72. The number of aromatic nitrogens is 2. The summed E-state index contributed by atoms with van der Waals surface area (Å²) >= 11 is 0. The van der Waals surface area contributed by atoms with Crippen LogP contribution in [0.4, 0.5) is 0 Å². The number of nitrogens with zero attached hydrogens (tertiary/aromatic N) is 2. The molecular weight excluding hydrogens is 190 g/mol. The van der Waals surface area contributed by atoms with Crippen LogP contribution in [0.5, 0.6) is 5.88 Å². The van der Waals surface area contributed by atoms with E-state index < -0.39 is 0 Å². The van der Waals surface area contributed by atoms with Gasteiger partial charge in [-0.25, -0.2) is 4.98 Å². The molecule has 0 radical (unpaired) electrons. The highest BCUT2D eigenvalue weighted by Gasteiger charge is 1.98. The Morgan fingerprint density at radius 1 is 1.38 bits per heavy atom. The third-order valence-electron chi connectivity index (χ3n) is 1.25. The molecule has 74 valence electrons. The first-order valence-electron chi connectivity index (χ1n) is 3.90. The zero-order valence-corrected chi connectivity index (χ0v) is 8.54. The van der Waals surface area contributed by atoms with E-state index in [-0.39, 0.29) is 18.5 Å². The molecule has 1 heterocycles. The molecule has 0 amide bonds. The predicted octanol–water partition coefficient (Wildman–Crippen LogP) is 1.14. The van der Waals surface area contributed by atoms with E-state index in [0.717, 1.165) is 5.69 Å². The van der Waals surface area contributed by atoms with Gasteiger partial charge in [0.1, 0.15) is 0 Å². The largest absolute Gasteiger partial charge is 0.474 e. The van der Waals surface area contributed by atoms with Gasteiger partial charge in [0.25, 0.3) is 0 Å². The van der Waals surface area contributed by atoms with Crippen molar-refractivity contribution in [2.45, 2.75) is 26.5 Å². The van der Waals surface area contributed by atoms with E-state index in [2.05, 4.69) is 9.97 Å². The zero-order chi connectivity index (χ0) is 8.97. The Morgan fingerprint density at radius 3 is 2.46 bits per heavy atom. The smallest absolute Gasteiger partial charge is 0.232 e. The summed E-state index contributed by atoms with van der Waals surface area (Å²) in [5, 5.41) is 0. The molecule has 0 saturated heterocycles. The molecule has 1 aromatic rings. The van der Waals surface area contributed by atoms with Crippen LogP contribution in [-0.2, 0) is 6.54 Å². The first kappa shape index (κ1) is 12.1. The maximum Gasteiger partial charge on any atom is 0.232 e. The number of ether oxygens (including phenoxy) is 1. The molecule has 0 aliphatic carbocycles. The van der Waals surface area contributed by atoms with E-state index in [4.69, 9.17) is 10.5 Å². The van der Waals surface area contributed by atoms with Crippen LogP contribution in [0.1, 0.15) is 19.5 Å². The Hall–Kier alpha value is -0.870. The van der Waals surface area contributed by atoms with Gasteiger partial charge in [-0.05, 0) is 13.8 Å².